The van der Waals surface area contributed by atoms with Gasteiger partial charge in [-0.05, 0) is 37.1 Å². The van der Waals surface area contributed by atoms with Crippen LogP contribution in [0, 0.1) is 17.0 Å². The van der Waals surface area contributed by atoms with Gasteiger partial charge < -0.3 is 15.3 Å². The molecule has 1 aromatic heterocycles. The molecule has 3 aromatic rings. The lowest BCUT2D eigenvalue weighted by atomic mass is 10.1. The summed E-state index contributed by atoms with van der Waals surface area (Å²) in [5, 5.41) is 15.5. The Labute approximate surface area is 148 Å². The van der Waals surface area contributed by atoms with Crippen molar-refractivity contribution in [2.75, 3.05) is 5.32 Å². The SMILES string of the molecule is CCc1ccccc1NC(=O)c1c(C)n([O-])c2ccc(Cl)cc2[n+]1=O. The molecule has 0 radical (unpaired) electrons. The summed E-state index contributed by atoms with van der Waals surface area (Å²) in [5.74, 6) is -0.639. The van der Waals surface area contributed by atoms with Gasteiger partial charge in [-0.3, -0.25) is 4.79 Å². The van der Waals surface area contributed by atoms with E-state index in [1.807, 2.05) is 19.1 Å². The zero-order valence-corrected chi connectivity index (χ0v) is 14.5. The molecular weight excluding hydrogens is 342 g/mol. The van der Waals surface area contributed by atoms with Crippen LogP contribution in [0.3, 0.4) is 0 Å². The van der Waals surface area contributed by atoms with E-state index in [0.29, 0.717) is 19.9 Å². The van der Waals surface area contributed by atoms with Gasteiger partial charge >= 0.3 is 11.6 Å². The highest BCUT2D eigenvalue weighted by Crippen LogP contribution is 2.20. The first-order valence-electron chi connectivity index (χ1n) is 7.78. The summed E-state index contributed by atoms with van der Waals surface area (Å²) < 4.78 is 1.02. The molecule has 1 amide bonds. The van der Waals surface area contributed by atoms with Gasteiger partial charge in [0.2, 0.25) is 0 Å². The van der Waals surface area contributed by atoms with E-state index in [-0.39, 0.29) is 22.4 Å². The lowest BCUT2D eigenvalue weighted by Crippen LogP contribution is -2.33. The van der Waals surface area contributed by atoms with E-state index in [1.54, 1.807) is 12.1 Å². The van der Waals surface area contributed by atoms with Crippen LogP contribution in [0.5, 0.6) is 0 Å². The Kier molecular flexibility index (Phi) is 4.46. The van der Waals surface area contributed by atoms with Gasteiger partial charge in [-0.1, -0.05) is 36.7 Å². The molecule has 7 heteroatoms. The number of amides is 1. The second kappa shape index (κ2) is 6.57. The van der Waals surface area contributed by atoms with E-state index in [2.05, 4.69) is 5.32 Å². The lowest BCUT2D eigenvalue weighted by Gasteiger charge is -2.16. The topological polar surface area (TPSA) is 80.1 Å². The summed E-state index contributed by atoms with van der Waals surface area (Å²) in [6.07, 6.45) is 0.724. The molecular formula is C18H16ClN3O3. The van der Waals surface area contributed by atoms with Crippen LogP contribution >= 0.6 is 11.6 Å². The normalized spacial score (nSPS) is 10.8. The molecule has 6 nitrogen and oxygen atoms in total. The molecule has 128 valence electrons. The summed E-state index contributed by atoms with van der Waals surface area (Å²) in [7, 11) is 0. The minimum atomic E-state index is -0.639. The molecule has 0 aliphatic heterocycles. The predicted octanol–water partition coefficient (Wildman–Crippen LogP) is 3.68. The number of nitrogens with zero attached hydrogens (tertiary/aromatic N) is 2. The molecule has 0 atom stereocenters. The van der Waals surface area contributed by atoms with Crippen LogP contribution in [0.25, 0.3) is 11.0 Å². The van der Waals surface area contributed by atoms with Crippen LogP contribution < -0.4 is 9.74 Å². The smallest absolute Gasteiger partial charge is 0.346 e. The number of nitrogens with one attached hydrogen (secondary N) is 1. The van der Waals surface area contributed by atoms with Crippen molar-refractivity contribution in [2.24, 2.45) is 0 Å². The molecule has 1 heterocycles. The number of aryl methyl sites for hydroxylation is 1. The fourth-order valence-corrected chi connectivity index (χ4v) is 2.93. The first-order chi connectivity index (χ1) is 11.9. The number of hydrogen-bond donors (Lipinski definition) is 1. The number of hydrogen-bond acceptors (Lipinski definition) is 3. The van der Waals surface area contributed by atoms with E-state index in [9.17, 15) is 14.9 Å². The second-order valence-corrected chi connectivity index (χ2v) is 6.06. The molecule has 0 aliphatic rings. The van der Waals surface area contributed by atoms with Crippen LogP contribution in [-0.4, -0.2) is 10.6 Å². The monoisotopic (exact) mass is 357 g/mol. The number of anilines is 1. The van der Waals surface area contributed by atoms with Crippen LogP contribution in [0.4, 0.5) is 5.69 Å². The molecule has 0 bridgehead atoms. The maximum atomic E-state index is 12.7. The average Bonchev–Trinajstić information content (AvgIpc) is 2.60. The van der Waals surface area contributed by atoms with E-state index in [1.165, 1.54) is 25.1 Å². The maximum absolute atomic E-state index is 12.7. The highest BCUT2D eigenvalue weighted by molar-refractivity contribution is 6.31. The molecule has 2 aromatic carbocycles. The number of benzene rings is 2. The minimum Gasteiger partial charge on any atom is -0.805 e. The first-order valence-corrected chi connectivity index (χ1v) is 8.16. The molecule has 0 saturated carbocycles. The van der Waals surface area contributed by atoms with Crippen molar-refractivity contribution in [2.45, 2.75) is 20.3 Å². The molecule has 1 N–H and O–H groups in total. The van der Waals surface area contributed by atoms with Gasteiger partial charge in [-0.25, -0.2) is 0 Å². The number of para-hydroxylation sites is 1. The Balaban J connectivity index is 2.15. The Bertz CT molecular complexity index is 1040. The van der Waals surface area contributed by atoms with Crippen molar-refractivity contribution in [1.82, 2.24) is 4.73 Å². The second-order valence-electron chi connectivity index (χ2n) is 5.62. The van der Waals surface area contributed by atoms with Crippen molar-refractivity contribution in [1.29, 1.82) is 0 Å². The van der Waals surface area contributed by atoms with Gasteiger partial charge in [-0.15, -0.1) is 0 Å². The number of carbonyl (C=O) groups excluding carboxylic acids is 1. The van der Waals surface area contributed by atoms with Gasteiger partial charge in [0, 0.05) is 21.7 Å². The van der Waals surface area contributed by atoms with E-state index in [0.717, 1.165) is 12.0 Å². The van der Waals surface area contributed by atoms with Gasteiger partial charge in [-0.2, -0.15) is 0 Å². The van der Waals surface area contributed by atoms with Gasteiger partial charge in [0.1, 0.15) is 5.52 Å². The third-order valence-corrected chi connectivity index (χ3v) is 4.32. The predicted molar refractivity (Wildman–Crippen MR) is 97.6 cm³/mol. The fourth-order valence-electron chi connectivity index (χ4n) is 2.76. The Hall–Kier alpha value is -2.86. The lowest BCUT2D eigenvalue weighted by molar-refractivity contribution is -0.468. The van der Waals surface area contributed by atoms with Crippen LogP contribution in [-0.2, 0) is 6.42 Å². The van der Waals surface area contributed by atoms with Crippen molar-refractivity contribution in [3.63, 3.8) is 0 Å². The summed E-state index contributed by atoms with van der Waals surface area (Å²) in [4.78, 5) is 25.4. The van der Waals surface area contributed by atoms with Gasteiger partial charge in [0.25, 0.3) is 5.52 Å². The Morgan fingerprint density at radius 1 is 1.28 bits per heavy atom. The minimum absolute atomic E-state index is 0.0244. The summed E-state index contributed by atoms with van der Waals surface area (Å²) in [6, 6.07) is 11.7. The third kappa shape index (κ3) is 2.96. The third-order valence-electron chi connectivity index (χ3n) is 4.09. The first kappa shape index (κ1) is 17.0. The van der Waals surface area contributed by atoms with E-state index in [4.69, 9.17) is 11.6 Å². The molecule has 0 unspecified atom stereocenters. The van der Waals surface area contributed by atoms with Gasteiger partial charge in [0.05, 0.1) is 10.1 Å². The largest absolute Gasteiger partial charge is 0.805 e. The van der Waals surface area contributed by atoms with Crippen molar-refractivity contribution in [3.8, 4) is 0 Å². The zero-order valence-electron chi connectivity index (χ0n) is 13.7. The van der Waals surface area contributed by atoms with Gasteiger partial charge in [0.15, 0.2) is 0 Å². The molecule has 0 fully saturated rings. The van der Waals surface area contributed by atoms with Crippen LogP contribution in [0.15, 0.2) is 42.5 Å². The number of fused-ring (bicyclic) bond motifs is 1. The Morgan fingerprint density at radius 2 is 2.00 bits per heavy atom. The van der Waals surface area contributed by atoms with E-state index < -0.39 is 5.91 Å². The van der Waals surface area contributed by atoms with Crippen molar-refractivity contribution >= 4 is 34.2 Å². The zero-order chi connectivity index (χ0) is 18.1. The Morgan fingerprint density at radius 3 is 2.72 bits per heavy atom. The quantitative estimate of drug-likeness (QED) is 0.726. The average molecular weight is 358 g/mol. The number of carbonyl (C=O) groups is 1. The van der Waals surface area contributed by atoms with Crippen molar-refractivity contribution in [3.05, 3.63) is 74.6 Å². The molecule has 3 rings (SSSR count). The van der Waals surface area contributed by atoms with Crippen molar-refractivity contribution < 1.29 is 9.22 Å². The maximum Gasteiger partial charge on any atom is 0.346 e. The number of aromatic nitrogens is 2. The fraction of sp³-hybridized carbons (Fsp3) is 0.167. The number of rotatable bonds is 3. The highest BCUT2D eigenvalue weighted by Gasteiger charge is 2.27. The van der Waals surface area contributed by atoms with E-state index >= 15 is 0 Å². The number of halogens is 1. The molecule has 0 saturated heterocycles. The summed E-state index contributed by atoms with van der Waals surface area (Å²) in [5.41, 5.74) is 1.51. The van der Waals surface area contributed by atoms with Crippen LogP contribution in [0.2, 0.25) is 5.02 Å². The van der Waals surface area contributed by atoms with Crippen LogP contribution in [0.1, 0.15) is 28.7 Å². The standard InChI is InChI=1S/C18H16ClN3O3/c1-3-12-6-4-5-7-14(12)20-18(23)17-11(2)21(24)15-9-8-13(19)10-16(15)22(17)25/h4-10H,3H2,1-2H3,(H,20,23). The summed E-state index contributed by atoms with van der Waals surface area (Å²) >= 11 is 5.92. The summed E-state index contributed by atoms with van der Waals surface area (Å²) in [6.45, 7) is 3.41. The molecule has 0 spiro atoms. The molecule has 25 heavy (non-hydrogen) atoms. The molecule has 0 aliphatic carbocycles. The highest BCUT2D eigenvalue weighted by atomic mass is 35.5.